The van der Waals surface area contributed by atoms with Gasteiger partial charge in [-0.2, -0.15) is 0 Å². The summed E-state index contributed by atoms with van der Waals surface area (Å²) in [5.74, 6) is 0.400. The highest BCUT2D eigenvalue weighted by atomic mass is 35.5. The maximum Gasteiger partial charge on any atom is 0.335 e. The van der Waals surface area contributed by atoms with E-state index in [1.165, 1.54) is 0 Å². The van der Waals surface area contributed by atoms with Crippen LogP contribution in [0.25, 0.3) is 22.3 Å². The molecule has 1 heterocycles. The Morgan fingerprint density at radius 2 is 1.93 bits per heavy atom. The summed E-state index contributed by atoms with van der Waals surface area (Å²) in [6.45, 7) is 0.863. The normalized spacial score (nSPS) is 11.4. The number of hydrogen-bond donors (Lipinski definition) is 3. The molecule has 0 fully saturated rings. The molecule has 0 unspecified atom stereocenters. The number of rotatable bonds is 7. The van der Waals surface area contributed by atoms with Gasteiger partial charge in [0.2, 0.25) is 0 Å². The molecule has 0 spiro atoms. The summed E-state index contributed by atoms with van der Waals surface area (Å²) in [5.41, 5.74) is 6.46. The first-order valence-corrected chi connectivity index (χ1v) is 9.12. The van der Waals surface area contributed by atoms with Crippen LogP contribution in [0.15, 0.2) is 54.4 Å². The Hall–Kier alpha value is -3.03. The molecular weight excluding hydrogens is 401 g/mol. The van der Waals surface area contributed by atoms with Gasteiger partial charge in [0, 0.05) is 29.1 Å². The van der Waals surface area contributed by atoms with Crippen molar-refractivity contribution in [3.8, 4) is 11.4 Å². The second kappa shape index (κ2) is 8.77. The van der Waals surface area contributed by atoms with Gasteiger partial charge in [0.05, 0.1) is 10.5 Å². The number of aromatic nitrogens is 2. The average molecular weight is 419 g/mol. The number of anilines is 1. The van der Waals surface area contributed by atoms with Gasteiger partial charge < -0.3 is 21.5 Å². The molecular formula is C19H18Cl2N5O2+. The SMILES string of the molecule is NC(=O)/C=C(\[OH2+])NCCNc1nc(-c2ccc(Cl)cc2Cl)nc2ccccc12. The van der Waals surface area contributed by atoms with Crippen LogP contribution in [0, 0.1) is 0 Å². The van der Waals surface area contributed by atoms with Crippen molar-refractivity contribution in [2.75, 3.05) is 18.4 Å². The lowest BCUT2D eigenvalue weighted by molar-refractivity contribution is -0.113. The Bertz CT molecular complexity index is 1060. The first kappa shape index (κ1) is 19.7. The number of halogens is 2. The first-order valence-electron chi connectivity index (χ1n) is 8.37. The monoisotopic (exact) mass is 418 g/mol. The minimum atomic E-state index is -0.670. The van der Waals surface area contributed by atoms with Gasteiger partial charge in [-0.15, -0.1) is 0 Å². The number of para-hydroxylation sites is 1. The molecule has 6 N–H and O–H groups in total. The zero-order chi connectivity index (χ0) is 20.1. The Kier molecular flexibility index (Phi) is 6.18. The van der Waals surface area contributed by atoms with Crippen LogP contribution in [0.1, 0.15) is 0 Å². The van der Waals surface area contributed by atoms with E-state index < -0.39 is 5.91 Å². The summed E-state index contributed by atoms with van der Waals surface area (Å²) >= 11 is 12.3. The average Bonchev–Trinajstić information content (AvgIpc) is 2.64. The Morgan fingerprint density at radius 1 is 1.14 bits per heavy atom. The fourth-order valence-corrected chi connectivity index (χ4v) is 3.07. The summed E-state index contributed by atoms with van der Waals surface area (Å²) in [6.07, 6.45) is 1.01. The van der Waals surface area contributed by atoms with Gasteiger partial charge >= 0.3 is 5.88 Å². The summed E-state index contributed by atoms with van der Waals surface area (Å²) in [4.78, 5) is 20.0. The second-order valence-electron chi connectivity index (χ2n) is 5.85. The molecule has 28 heavy (non-hydrogen) atoms. The van der Waals surface area contributed by atoms with Crippen LogP contribution >= 0.6 is 23.2 Å². The van der Waals surface area contributed by atoms with Gasteiger partial charge in [-0.3, -0.25) is 4.79 Å². The smallest absolute Gasteiger partial charge is 0.335 e. The molecule has 3 aromatic rings. The topological polar surface area (TPSA) is 116 Å². The molecule has 0 aliphatic heterocycles. The van der Waals surface area contributed by atoms with Crippen LogP contribution in [-0.2, 0) is 4.79 Å². The molecule has 0 bridgehead atoms. The van der Waals surface area contributed by atoms with Crippen molar-refractivity contribution >= 4 is 45.8 Å². The number of nitrogens with zero attached hydrogens (tertiary/aromatic N) is 2. The third kappa shape index (κ3) is 4.82. The molecule has 0 atom stereocenters. The van der Waals surface area contributed by atoms with Gasteiger partial charge in [0.15, 0.2) is 5.82 Å². The number of carbonyl (C=O) groups excluding carboxylic acids is 1. The fraction of sp³-hybridized carbons (Fsp3) is 0.105. The quantitative estimate of drug-likeness (QED) is 0.236. The molecule has 1 amide bonds. The van der Waals surface area contributed by atoms with Crippen molar-refractivity contribution in [2.45, 2.75) is 0 Å². The van der Waals surface area contributed by atoms with Crippen molar-refractivity contribution in [1.82, 2.24) is 15.3 Å². The standard InChI is InChI=1S/C19H17Cl2N5O2/c20-11-5-6-12(14(21)9-11)19-25-15-4-2-1-3-13(15)18(26-19)24-8-7-23-17(28)10-16(22)27/h1-6,9-10,23,28H,7-8H2,(H2,22,27)(H,24,25,26)/p+1/b17-10-. The van der Waals surface area contributed by atoms with Gasteiger partial charge in [-0.05, 0) is 30.3 Å². The fourth-order valence-electron chi connectivity index (χ4n) is 2.57. The molecule has 0 saturated carbocycles. The van der Waals surface area contributed by atoms with Crippen molar-refractivity contribution in [1.29, 1.82) is 0 Å². The molecule has 0 aliphatic rings. The Morgan fingerprint density at radius 3 is 2.68 bits per heavy atom. The Balaban J connectivity index is 1.86. The van der Waals surface area contributed by atoms with E-state index in [1.807, 2.05) is 24.3 Å². The molecule has 0 saturated heterocycles. The number of carbonyl (C=O) groups is 1. The number of benzene rings is 2. The van der Waals surface area contributed by atoms with Crippen molar-refractivity contribution in [3.63, 3.8) is 0 Å². The van der Waals surface area contributed by atoms with Gasteiger partial charge in [-0.25, -0.2) is 9.97 Å². The maximum absolute atomic E-state index is 10.8. The van der Waals surface area contributed by atoms with E-state index in [9.17, 15) is 4.79 Å². The van der Waals surface area contributed by atoms with Crippen LogP contribution in [0.4, 0.5) is 5.82 Å². The van der Waals surface area contributed by atoms with Crippen LogP contribution in [0.3, 0.4) is 0 Å². The third-order valence-corrected chi connectivity index (χ3v) is 4.34. The van der Waals surface area contributed by atoms with Crippen LogP contribution < -0.4 is 16.4 Å². The highest BCUT2D eigenvalue weighted by molar-refractivity contribution is 6.36. The zero-order valence-electron chi connectivity index (χ0n) is 14.7. The van der Waals surface area contributed by atoms with E-state index >= 15 is 0 Å². The van der Waals surface area contributed by atoms with E-state index in [-0.39, 0.29) is 5.88 Å². The lowest BCUT2D eigenvalue weighted by Gasteiger charge is -2.12. The highest BCUT2D eigenvalue weighted by Gasteiger charge is 2.12. The number of primary amides is 1. The van der Waals surface area contributed by atoms with Gasteiger partial charge in [-0.1, -0.05) is 35.3 Å². The summed E-state index contributed by atoms with van der Waals surface area (Å²) in [5, 5.41) is 15.4. The van der Waals surface area contributed by atoms with Crippen LogP contribution in [0.2, 0.25) is 10.0 Å². The van der Waals surface area contributed by atoms with Crippen LogP contribution in [0.5, 0.6) is 0 Å². The van der Waals surface area contributed by atoms with Gasteiger partial charge in [0.1, 0.15) is 11.9 Å². The summed E-state index contributed by atoms with van der Waals surface area (Å²) < 4.78 is 0. The number of nitrogens with one attached hydrogen (secondary N) is 2. The zero-order valence-corrected chi connectivity index (χ0v) is 16.2. The molecule has 2 aromatic carbocycles. The predicted molar refractivity (Wildman–Crippen MR) is 112 cm³/mol. The summed E-state index contributed by atoms with van der Waals surface area (Å²) in [7, 11) is 0. The van der Waals surface area contributed by atoms with Crippen molar-refractivity contribution in [3.05, 3.63) is 64.5 Å². The molecule has 144 valence electrons. The largest absolute Gasteiger partial charge is 0.580 e. The predicted octanol–water partition coefficient (Wildman–Crippen LogP) is 2.66. The highest BCUT2D eigenvalue weighted by Crippen LogP contribution is 2.31. The molecule has 3 rings (SSSR count). The third-order valence-electron chi connectivity index (χ3n) is 3.79. The first-order chi connectivity index (χ1) is 13.4. The number of hydrogen-bond acceptors (Lipinski definition) is 5. The van der Waals surface area contributed by atoms with E-state index in [4.69, 9.17) is 34.0 Å². The van der Waals surface area contributed by atoms with E-state index in [0.29, 0.717) is 40.3 Å². The lowest BCUT2D eigenvalue weighted by Crippen LogP contribution is -2.23. The molecule has 7 nitrogen and oxygen atoms in total. The van der Waals surface area contributed by atoms with Crippen LogP contribution in [-0.4, -0.2) is 34.1 Å². The minimum absolute atomic E-state index is 0.0459. The molecule has 0 radical (unpaired) electrons. The van der Waals surface area contributed by atoms with E-state index in [2.05, 4.69) is 20.6 Å². The number of fused-ring (bicyclic) bond motifs is 1. The number of nitrogens with two attached hydrogens (primary N) is 1. The maximum atomic E-state index is 10.8. The molecule has 1 aromatic heterocycles. The van der Waals surface area contributed by atoms with E-state index in [1.54, 1.807) is 18.2 Å². The minimum Gasteiger partial charge on any atom is -0.580 e. The Labute approximate surface area is 171 Å². The lowest BCUT2D eigenvalue weighted by atomic mass is 10.2. The van der Waals surface area contributed by atoms with Gasteiger partial charge in [0.25, 0.3) is 5.91 Å². The number of amides is 1. The second-order valence-corrected chi connectivity index (χ2v) is 6.69. The van der Waals surface area contributed by atoms with Crippen molar-refractivity contribution in [2.24, 2.45) is 5.73 Å². The summed E-state index contributed by atoms with van der Waals surface area (Å²) in [6, 6.07) is 12.8. The van der Waals surface area contributed by atoms with Crippen molar-refractivity contribution < 1.29 is 9.90 Å². The van der Waals surface area contributed by atoms with E-state index in [0.717, 1.165) is 17.0 Å². The molecule has 0 aliphatic carbocycles. The molecule has 9 heteroatoms.